The van der Waals surface area contributed by atoms with Crippen LogP contribution in [0.3, 0.4) is 0 Å². The van der Waals surface area contributed by atoms with E-state index in [0.29, 0.717) is 0 Å². The van der Waals surface area contributed by atoms with Gasteiger partial charge in [0.2, 0.25) is 0 Å². The lowest BCUT2D eigenvalue weighted by atomic mass is 9.71. The first kappa shape index (κ1) is 13.1. The van der Waals surface area contributed by atoms with Gasteiger partial charge in [-0.3, -0.25) is 4.99 Å². The fraction of sp³-hybridized carbons (Fsp3) is 0.562. The molecule has 0 radical (unpaired) electrons. The van der Waals surface area contributed by atoms with Gasteiger partial charge in [-0.25, -0.2) is 0 Å². The number of aliphatic imine (C=N–C) groups is 1. The van der Waals surface area contributed by atoms with Crippen LogP contribution in [0.1, 0.15) is 41.5 Å². The van der Waals surface area contributed by atoms with Crippen LogP contribution < -0.4 is 0 Å². The van der Waals surface area contributed by atoms with E-state index in [0.717, 1.165) is 6.54 Å². The van der Waals surface area contributed by atoms with E-state index in [1.54, 1.807) is 0 Å². The Morgan fingerprint density at radius 2 is 1.61 bits per heavy atom. The Morgan fingerprint density at radius 1 is 1.00 bits per heavy atom. The first-order valence-corrected chi connectivity index (χ1v) is 6.63. The van der Waals surface area contributed by atoms with Crippen molar-refractivity contribution < 1.29 is 0 Å². The van der Waals surface area contributed by atoms with Gasteiger partial charge in [0.1, 0.15) is 0 Å². The van der Waals surface area contributed by atoms with Crippen LogP contribution in [0, 0.1) is 10.8 Å². The van der Waals surface area contributed by atoms with E-state index >= 15 is 0 Å². The van der Waals surface area contributed by atoms with E-state index in [4.69, 9.17) is 0 Å². The van der Waals surface area contributed by atoms with Crippen molar-refractivity contribution in [3.8, 4) is 0 Å². The van der Waals surface area contributed by atoms with E-state index < -0.39 is 0 Å². The molecule has 0 saturated heterocycles. The van der Waals surface area contributed by atoms with E-state index in [9.17, 15) is 0 Å². The van der Waals surface area contributed by atoms with Crippen LogP contribution in [-0.2, 0) is 0 Å². The van der Waals surface area contributed by atoms with Crippen LogP contribution in [0.25, 0.3) is 0 Å². The summed E-state index contributed by atoms with van der Waals surface area (Å²) in [6.45, 7) is 14.6. The molecule has 0 unspecified atom stereocenters. The monoisotopic (exact) mass is 244 g/mol. The normalized spacial score (nSPS) is 20.1. The number of nitrogens with zero attached hydrogens (tertiary/aromatic N) is 2. The topological polar surface area (TPSA) is 15.6 Å². The van der Waals surface area contributed by atoms with E-state index in [1.165, 1.54) is 16.8 Å². The smallest absolute Gasteiger partial charge is 0.0598 e. The number of rotatable bonds is 0. The van der Waals surface area contributed by atoms with Crippen molar-refractivity contribution in [2.75, 3.05) is 6.54 Å². The molecule has 2 aliphatic heterocycles. The van der Waals surface area contributed by atoms with E-state index in [2.05, 4.69) is 63.7 Å². The van der Waals surface area contributed by atoms with Gasteiger partial charge in [0, 0.05) is 12.4 Å². The molecule has 2 heterocycles. The number of hydrogen-bond acceptors (Lipinski definition) is 2. The molecule has 0 aromatic carbocycles. The average Bonchev–Trinajstić information content (AvgIpc) is 2.25. The number of hydrogen-bond donors (Lipinski definition) is 0. The summed E-state index contributed by atoms with van der Waals surface area (Å²) < 4.78 is 0. The predicted octanol–water partition coefficient (Wildman–Crippen LogP) is 4.13. The maximum Gasteiger partial charge on any atom is 0.0598 e. The second-order valence-electron chi connectivity index (χ2n) is 7.14. The molecular weight excluding hydrogens is 220 g/mol. The van der Waals surface area contributed by atoms with Gasteiger partial charge >= 0.3 is 0 Å². The second-order valence-corrected chi connectivity index (χ2v) is 7.14. The third-order valence-corrected chi connectivity index (χ3v) is 3.41. The minimum Gasteiger partial charge on any atom is -0.341 e. The van der Waals surface area contributed by atoms with Crippen molar-refractivity contribution >= 4 is 6.21 Å². The lowest BCUT2D eigenvalue weighted by molar-refractivity contribution is 0.414. The lowest BCUT2D eigenvalue weighted by Crippen LogP contribution is -2.30. The first-order valence-electron chi connectivity index (χ1n) is 6.63. The lowest BCUT2D eigenvalue weighted by Gasteiger charge is -2.39. The molecular formula is C16H24N2. The molecule has 2 rings (SSSR count). The maximum atomic E-state index is 4.26. The predicted molar refractivity (Wildman–Crippen MR) is 78.4 cm³/mol. The molecule has 0 aromatic rings. The van der Waals surface area contributed by atoms with Gasteiger partial charge in [0.05, 0.1) is 18.4 Å². The molecule has 2 aliphatic rings. The van der Waals surface area contributed by atoms with Crippen molar-refractivity contribution in [3.05, 3.63) is 35.3 Å². The van der Waals surface area contributed by atoms with Gasteiger partial charge in [-0.2, -0.15) is 0 Å². The Balaban J connectivity index is 2.52. The van der Waals surface area contributed by atoms with E-state index in [1.807, 2.05) is 12.4 Å². The van der Waals surface area contributed by atoms with Crippen molar-refractivity contribution in [1.29, 1.82) is 0 Å². The summed E-state index contributed by atoms with van der Waals surface area (Å²) in [5.41, 5.74) is 4.39. The molecule has 0 atom stereocenters. The zero-order chi connectivity index (χ0) is 13.6. The average molecular weight is 244 g/mol. The van der Waals surface area contributed by atoms with Crippen LogP contribution in [0.4, 0.5) is 0 Å². The van der Waals surface area contributed by atoms with Crippen LogP contribution in [0.15, 0.2) is 40.3 Å². The molecule has 2 heteroatoms. The minimum absolute atomic E-state index is 0.160. The zero-order valence-electron chi connectivity index (χ0n) is 12.4. The zero-order valence-corrected chi connectivity index (χ0v) is 12.4. The van der Waals surface area contributed by atoms with Gasteiger partial charge in [-0.05, 0) is 28.1 Å². The fourth-order valence-corrected chi connectivity index (χ4v) is 2.36. The Labute approximate surface area is 111 Å². The molecule has 0 spiro atoms. The van der Waals surface area contributed by atoms with E-state index in [-0.39, 0.29) is 10.8 Å². The molecule has 2 nitrogen and oxygen atoms in total. The molecule has 18 heavy (non-hydrogen) atoms. The Bertz CT molecular complexity index is 462. The van der Waals surface area contributed by atoms with Gasteiger partial charge in [0.15, 0.2) is 0 Å². The SMILES string of the molecule is CC(C)(C)C1=CC2=CN=CCN2C=C1C(C)(C)C. The molecule has 0 bridgehead atoms. The van der Waals surface area contributed by atoms with Crippen molar-refractivity contribution in [2.45, 2.75) is 41.5 Å². The highest BCUT2D eigenvalue weighted by Crippen LogP contribution is 2.43. The molecule has 0 saturated carbocycles. The fourth-order valence-electron chi connectivity index (χ4n) is 2.36. The van der Waals surface area contributed by atoms with Crippen molar-refractivity contribution in [1.82, 2.24) is 4.90 Å². The molecule has 0 fully saturated rings. The highest BCUT2D eigenvalue weighted by molar-refractivity contribution is 5.64. The summed E-state index contributed by atoms with van der Waals surface area (Å²) in [7, 11) is 0. The second kappa shape index (κ2) is 4.11. The van der Waals surface area contributed by atoms with Gasteiger partial charge in [-0.1, -0.05) is 41.5 Å². The summed E-state index contributed by atoms with van der Waals surface area (Å²) in [4.78, 5) is 6.54. The molecule has 0 N–H and O–H groups in total. The molecule has 98 valence electrons. The Kier molecular flexibility index (Phi) is 3.00. The molecule has 0 amide bonds. The van der Waals surface area contributed by atoms with Crippen LogP contribution in [0.2, 0.25) is 0 Å². The van der Waals surface area contributed by atoms with Crippen molar-refractivity contribution in [3.63, 3.8) is 0 Å². The third kappa shape index (κ3) is 2.43. The van der Waals surface area contributed by atoms with Gasteiger partial charge in [-0.15, -0.1) is 0 Å². The standard InChI is InChI=1S/C16H24N2/c1-15(2,3)13-9-12-10-17-7-8-18(12)11-14(13)16(4,5)6/h7,9-11H,8H2,1-6H3. The highest BCUT2D eigenvalue weighted by Gasteiger charge is 2.32. The summed E-state index contributed by atoms with van der Waals surface area (Å²) in [6, 6.07) is 0. The summed E-state index contributed by atoms with van der Waals surface area (Å²) in [6.07, 6.45) is 8.51. The van der Waals surface area contributed by atoms with Crippen LogP contribution in [0.5, 0.6) is 0 Å². The Hall–Kier alpha value is -1.31. The Morgan fingerprint density at radius 3 is 2.17 bits per heavy atom. The van der Waals surface area contributed by atoms with Gasteiger partial charge < -0.3 is 4.90 Å². The summed E-state index contributed by atoms with van der Waals surface area (Å²) in [5.74, 6) is 0. The van der Waals surface area contributed by atoms with Gasteiger partial charge in [0.25, 0.3) is 0 Å². The summed E-state index contributed by atoms with van der Waals surface area (Å²) in [5, 5.41) is 0. The van der Waals surface area contributed by atoms with Crippen molar-refractivity contribution in [2.24, 2.45) is 15.8 Å². The largest absolute Gasteiger partial charge is 0.341 e. The number of fused-ring (bicyclic) bond motifs is 1. The third-order valence-electron chi connectivity index (χ3n) is 3.41. The molecule has 0 aromatic heterocycles. The van der Waals surface area contributed by atoms with Crippen LogP contribution in [-0.4, -0.2) is 17.7 Å². The molecule has 0 aliphatic carbocycles. The maximum absolute atomic E-state index is 4.26. The minimum atomic E-state index is 0.160. The summed E-state index contributed by atoms with van der Waals surface area (Å²) >= 11 is 0. The number of allylic oxidation sites excluding steroid dienone is 3. The van der Waals surface area contributed by atoms with Crippen LogP contribution >= 0.6 is 0 Å². The highest BCUT2D eigenvalue weighted by atomic mass is 15.1. The first-order chi connectivity index (χ1) is 8.19. The quantitative estimate of drug-likeness (QED) is 0.625.